The molecule has 3 heterocycles. The molecule has 1 aliphatic rings. The van der Waals surface area contributed by atoms with Crippen molar-refractivity contribution in [2.45, 2.75) is 39.3 Å². The van der Waals surface area contributed by atoms with Crippen LogP contribution in [0.25, 0.3) is 11.0 Å². The molecule has 0 saturated carbocycles. The van der Waals surface area contributed by atoms with E-state index in [1.807, 2.05) is 24.3 Å². The Morgan fingerprint density at radius 3 is 2.73 bits per heavy atom. The lowest BCUT2D eigenvalue weighted by molar-refractivity contribution is -0.118. The van der Waals surface area contributed by atoms with Gasteiger partial charge in [-0.2, -0.15) is 0 Å². The van der Waals surface area contributed by atoms with E-state index in [4.69, 9.17) is 13.6 Å². The van der Waals surface area contributed by atoms with E-state index in [-0.39, 0.29) is 29.6 Å². The van der Waals surface area contributed by atoms with Crippen molar-refractivity contribution in [2.24, 2.45) is 5.92 Å². The fourth-order valence-electron chi connectivity index (χ4n) is 3.58. The van der Waals surface area contributed by atoms with Gasteiger partial charge in [0.05, 0.1) is 18.9 Å². The fraction of sp³-hybridized carbons (Fsp3) is 0.391. The van der Waals surface area contributed by atoms with Gasteiger partial charge in [0.15, 0.2) is 0 Å². The molecule has 30 heavy (non-hydrogen) atoms. The Balaban J connectivity index is 1.69. The van der Waals surface area contributed by atoms with Crippen LogP contribution in [0.15, 0.2) is 51.5 Å². The van der Waals surface area contributed by atoms with Gasteiger partial charge >= 0.3 is 0 Å². The van der Waals surface area contributed by atoms with Gasteiger partial charge in [0, 0.05) is 24.5 Å². The molecule has 1 atom stereocenters. The monoisotopic (exact) mass is 410 g/mol. The molecule has 158 valence electrons. The maximum absolute atomic E-state index is 13.6. The topological polar surface area (TPSA) is 84.9 Å². The maximum atomic E-state index is 13.6. The van der Waals surface area contributed by atoms with Crippen molar-refractivity contribution in [2.75, 3.05) is 18.5 Å². The van der Waals surface area contributed by atoms with Crippen LogP contribution < -0.4 is 5.32 Å². The molecule has 1 saturated heterocycles. The van der Waals surface area contributed by atoms with E-state index in [2.05, 4.69) is 5.32 Å². The van der Waals surface area contributed by atoms with Crippen molar-refractivity contribution >= 4 is 28.5 Å². The number of nitrogens with one attached hydrogen (secondary N) is 1. The highest BCUT2D eigenvalue weighted by Crippen LogP contribution is 2.33. The largest absolute Gasteiger partial charge is 0.467 e. The molecule has 1 N–H and O–H groups in total. The van der Waals surface area contributed by atoms with Crippen molar-refractivity contribution < 1.29 is 23.2 Å². The number of hydrogen-bond donors (Lipinski definition) is 1. The third kappa shape index (κ3) is 4.26. The Hall–Kier alpha value is -3.06. The van der Waals surface area contributed by atoms with Gasteiger partial charge in [0.25, 0.3) is 5.91 Å². The Morgan fingerprint density at radius 2 is 2.03 bits per heavy atom. The second kappa shape index (κ2) is 8.75. The number of hydrogen-bond acceptors (Lipinski definition) is 5. The zero-order chi connectivity index (χ0) is 21.1. The van der Waals surface area contributed by atoms with E-state index >= 15 is 0 Å². The van der Waals surface area contributed by atoms with E-state index in [9.17, 15) is 9.59 Å². The van der Waals surface area contributed by atoms with Crippen LogP contribution in [-0.4, -0.2) is 36.0 Å². The van der Waals surface area contributed by atoms with Crippen LogP contribution in [-0.2, 0) is 16.1 Å². The lowest BCUT2D eigenvalue weighted by atomic mass is 10.1. The molecular weight excluding hydrogens is 384 g/mol. The van der Waals surface area contributed by atoms with Crippen molar-refractivity contribution in [3.05, 3.63) is 54.2 Å². The summed E-state index contributed by atoms with van der Waals surface area (Å²) < 4.78 is 17.1. The summed E-state index contributed by atoms with van der Waals surface area (Å²) >= 11 is 0. The Kier molecular flexibility index (Phi) is 5.90. The average molecular weight is 410 g/mol. The summed E-state index contributed by atoms with van der Waals surface area (Å²) in [4.78, 5) is 27.7. The SMILES string of the molecule is CC(C)C(=O)Nc1c(C(=O)N(Cc2ccco2)CC2CCCO2)oc2ccccc12. The number of ether oxygens (including phenoxy) is 1. The van der Waals surface area contributed by atoms with E-state index in [0.29, 0.717) is 42.1 Å². The molecule has 2 amide bonds. The van der Waals surface area contributed by atoms with Crippen molar-refractivity contribution in [3.63, 3.8) is 0 Å². The number of benzene rings is 1. The predicted octanol–water partition coefficient (Wildman–Crippen LogP) is 4.44. The average Bonchev–Trinajstić information content (AvgIpc) is 3.49. The molecule has 0 radical (unpaired) electrons. The van der Waals surface area contributed by atoms with Crippen molar-refractivity contribution in [1.29, 1.82) is 0 Å². The van der Waals surface area contributed by atoms with E-state index in [1.165, 1.54) is 0 Å². The van der Waals surface area contributed by atoms with Gasteiger partial charge in [0.2, 0.25) is 11.7 Å². The maximum Gasteiger partial charge on any atom is 0.292 e. The molecule has 2 aromatic heterocycles. The smallest absolute Gasteiger partial charge is 0.292 e. The minimum atomic E-state index is -0.308. The number of anilines is 1. The number of fused-ring (bicyclic) bond motifs is 1. The first kappa shape index (κ1) is 20.2. The summed E-state index contributed by atoms with van der Waals surface area (Å²) in [6.07, 6.45) is 3.44. The Labute approximate surface area is 175 Å². The van der Waals surface area contributed by atoms with Gasteiger partial charge in [-0.25, -0.2) is 0 Å². The summed E-state index contributed by atoms with van der Waals surface area (Å²) in [6, 6.07) is 10.9. The van der Waals surface area contributed by atoms with Gasteiger partial charge in [-0.3, -0.25) is 9.59 Å². The van der Waals surface area contributed by atoms with Gasteiger partial charge in [-0.1, -0.05) is 26.0 Å². The van der Waals surface area contributed by atoms with E-state index in [0.717, 1.165) is 12.8 Å². The normalized spacial score (nSPS) is 16.3. The van der Waals surface area contributed by atoms with Crippen LogP contribution in [0.4, 0.5) is 5.69 Å². The summed E-state index contributed by atoms with van der Waals surface area (Å²) in [5.41, 5.74) is 0.959. The molecule has 3 aromatic rings. The molecule has 1 aromatic carbocycles. The second-order valence-electron chi connectivity index (χ2n) is 7.85. The number of rotatable bonds is 7. The summed E-state index contributed by atoms with van der Waals surface area (Å²) in [5, 5.41) is 3.59. The van der Waals surface area contributed by atoms with E-state index in [1.54, 1.807) is 37.1 Å². The number of carbonyl (C=O) groups is 2. The minimum absolute atomic E-state index is 0.0259. The third-order valence-corrected chi connectivity index (χ3v) is 5.22. The lowest BCUT2D eigenvalue weighted by Gasteiger charge is -2.24. The molecule has 1 aliphatic heterocycles. The Morgan fingerprint density at radius 1 is 1.20 bits per heavy atom. The van der Waals surface area contributed by atoms with Crippen LogP contribution in [0.5, 0.6) is 0 Å². The molecule has 0 aliphatic carbocycles. The summed E-state index contributed by atoms with van der Waals surface area (Å²) in [5.74, 6) is 0.0807. The predicted molar refractivity (Wildman–Crippen MR) is 112 cm³/mol. The highest BCUT2D eigenvalue weighted by atomic mass is 16.5. The zero-order valence-corrected chi connectivity index (χ0v) is 17.2. The lowest BCUT2D eigenvalue weighted by Crippen LogP contribution is -2.37. The molecule has 7 heteroatoms. The van der Waals surface area contributed by atoms with Gasteiger partial charge in [-0.15, -0.1) is 0 Å². The van der Waals surface area contributed by atoms with Crippen LogP contribution in [0.1, 0.15) is 43.0 Å². The van der Waals surface area contributed by atoms with Crippen molar-refractivity contribution in [3.8, 4) is 0 Å². The van der Waals surface area contributed by atoms with Gasteiger partial charge in [-0.05, 0) is 37.1 Å². The first-order valence-corrected chi connectivity index (χ1v) is 10.3. The highest BCUT2D eigenvalue weighted by Gasteiger charge is 2.30. The molecule has 0 bridgehead atoms. The van der Waals surface area contributed by atoms with Crippen LogP contribution in [0.2, 0.25) is 0 Å². The molecule has 1 unspecified atom stereocenters. The highest BCUT2D eigenvalue weighted by molar-refractivity contribution is 6.11. The zero-order valence-electron chi connectivity index (χ0n) is 17.2. The molecule has 0 spiro atoms. The number of amides is 2. The third-order valence-electron chi connectivity index (χ3n) is 5.22. The van der Waals surface area contributed by atoms with Crippen molar-refractivity contribution in [1.82, 2.24) is 4.90 Å². The quantitative estimate of drug-likeness (QED) is 0.622. The number of furan rings is 2. The molecular formula is C23H26N2O5. The van der Waals surface area contributed by atoms with Gasteiger partial charge < -0.3 is 23.8 Å². The standard InChI is InChI=1S/C23H26N2O5/c1-15(2)22(26)24-20-18-9-3-4-10-19(18)30-21(20)23(27)25(13-16-7-5-11-28-16)14-17-8-6-12-29-17/h3-5,7,9-11,15,17H,6,8,12-14H2,1-2H3,(H,24,26). The van der Waals surface area contributed by atoms with Crippen LogP contribution in [0.3, 0.4) is 0 Å². The fourth-order valence-corrected chi connectivity index (χ4v) is 3.58. The molecule has 1 fully saturated rings. The van der Waals surface area contributed by atoms with Gasteiger partial charge in [0.1, 0.15) is 17.0 Å². The first-order chi connectivity index (χ1) is 14.5. The minimum Gasteiger partial charge on any atom is -0.467 e. The number of para-hydroxylation sites is 1. The summed E-state index contributed by atoms with van der Waals surface area (Å²) in [7, 11) is 0. The molecule has 7 nitrogen and oxygen atoms in total. The first-order valence-electron chi connectivity index (χ1n) is 10.3. The second-order valence-corrected chi connectivity index (χ2v) is 7.85. The van der Waals surface area contributed by atoms with Crippen LogP contribution >= 0.6 is 0 Å². The Bertz CT molecular complexity index is 1020. The van der Waals surface area contributed by atoms with E-state index < -0.39 is 0 Å². The van der Waals surface area contributed by atoms with Crippen LogP contribution in [0, 0.1) is 5.92 Å². The number of nitrogens with zero attached hydrogens (tertiary/aromatic N) is 1. The number of carbonyl (C=O) groups excluding carboxylic acids is 2. The summed E-state index contributed by atoms with van der Waals surface area (Å²) in [6.45, 7) is 5.03. The molecule has 4 rings (SSSR count).